The molecule has 0 aliphatic heterocycles. The van der Waals surface area contributed by atoms with Crippen LogP contribution in [0.1, 0.15) is 31.7 Å². The smallest absolute Gasteiger partial charge is 0.191 e. The predicted octanol–water partition coefficient (Wildman–Crippen LogP) is 2.64. The van der Waals surface area contributed by atoms with Gasteiger partial charge in [-0.25, -0.2) is 4.99 Å². The third kappa shape index (κ3) is 5.53. The van der Waals surface area contributed by atoms with Gasteiger partial charge in [-0.15, -0.1) is 10.2 Å². The number of hydrogen-bond donors (Lipinski definition) is 2. The van der Waals surface area contributed by atoms with Crippen molar-refractivity contribution >= 4 is 17.6 Å². The van der Waals surface area contributed by atoms with E-state index >= 15 is 0 Å². The number of nitrogens with one attached hydrogen (secondary N) is 2. The lowest BCUT2D eigenvalue weighted by atomic mass is 10.2. The Bertz CT molecular complexity index is 652. The molecule has 2 rings (SSSR count). The van der Waals surface area contributed by atoms with Gasteiger partial charge in [0.2, 0.25) is 0 Å². The molecule has 0 spiro atoms. The summed E-state index contributed by atoms with van der Waals surface area (Å²) in [5.41, 5.74) is 1.02. The molecule has 1 heterocycles. The van der Waals surface area contributed by atoms with Gasteiger partial charge >= 0.3 is 0 Å². The van der Waals surface area contributed by atoms with Gasteiger partial charge in [0.05, 0.1) is 6.54 Å². The Morgan fingerprint density at radius 2 is 2.00 bits per heavy atom. The highest BCUT2D eigenvalue weighted by Crippen LogP contribution is 2.15. The molecule has 0 bridgehead atoms. The molecule has 0 radical (unpaired) electrons. The van der Waals surface area contributed by atoms with E-state index in [0.29, 0.717) is 6.54 Å². The first-order valence-corrected chi connectivity index (χ1v) is 8.74. The van der Waals surface area contributed by atoms with Crippen LogP contribution < -0.4 is 10.6 Å². The fourth-order valence-electron chi connectivity index (χ4n) is 2.24. The summed E-state index contributed by atoms with van der Waals surface area (Å²) in [5.74, 6) is 1.79. The number of aromatic nitrogens is 3. The Balaban J connectivity index is 1.92. The number of halogens is 1. The summed E-state index contributed by atoms with van der Waals surface area (Å²) in [6, 6.07) is 7.78. The van der Waals surface area contributed by atoms with Gasteiger partial charge in [-0.3, -0.25) is 0 Å². The molecule has 2 N–H and O–H groups in total. The van der Waals surface area contributed by atoms with Crippen molar-refractivity contribution in [2.75, 3.05) is 13.1 Å². The number of aliphatic imine (C=N–C) groups is 1. The number of nitrogens with zero attached hydrogens (tertiary/aromatic N) is 4. The highest BCUT2D eigenvalue weighted by Gasteiger charge is 2.03. The topological polar surface area (TPSA) is 67.1 Å². The number of guanidine groups is 1. The molecular formula is C17H25ClN6. The number of hydrogen-bond acceptors (Lipinski definition) is 3. The normalized spacial score (nSPS) is 11.5. The first-order valence-electron chi connectivity index (χ1n) is 8.36. The quantitative estimate of drug-likeness (QED) is 0.568. The van der Waals surface area contributed by atoms with Crippen molar-refractivity contribution in [2.45, 2.75) is 39.8 Å². The largest absolute Gasteiger partial charge is 0.356 e. The highest BCUT2D eigenvalue weighted by atomic mass is 35.5. The second-order valence-corrected chi connectivity index (χ2v) is 5.81. The maximum atomic E-state index is 6.19. The fourth-order valence-corrected chi connectivity index (χ4v) is 2.44. The van der Waals surface area contributed by atoms with Crippen molar-refractivity contribution in [2.24, 2.45) is 4.99 Å². The lowest BCUT2D eigenvalue weighted by molar-refractivity contribution is 0.631. The Kier molecular flexibility index (Phi) is 7.55. The standard InChI is InChI=1S/C17H25ClN6/c1-3-9-19-17(21-12-14-7-5-6-8-15(14)18)20-10-11-24-13-22-23-16(24)4-2/h5-8,13H,3-4,9-12H2,1-2H3,(H2,19,20,21). The second kappa shape index (κ2) is 9.93. The molecule has 0 aliphatic rings. The van der Waals surface area contributed by atoms with Gasteiger partial charge in [-0.1, -0.05) is 43.6 Å². The van der Waals surface area contributed by atoms with Crippen LogP contribution in [0.15, 0.2) is 35.6 Å². The van der Waals surface area contributed by atoms with Crippen LogP contribution in [0.3, 0.4) is 0 Å². The van der Waals surface area contributed by atoms with E-state index in [4.69, 9.17) is 11.6 Å². The average Bonchev–Trinajstić information content (AvgIpc) is 3.05. The van der Waals surface area contributed by atoms with Gasteiger partial charge in [0.15, 0.2) is 5.96 Å². The zero-order valence-corrected chi connectivity index (χ0v) is 15.1. The number of benzene rings is 1. The summed E-state index contributed by atoms with van der Waals surface area (Å²) in [6.07, 6.45) is 3.68. The fraction of sp³-hybridized carbons (Fsp3) is 0.471. The molecule has 0 unspecified atom stereocenters. The summed E-state index contributed by atoms with van der Waals surface area (Å²) in [7, 11) is 0. The molecule has 7 heteroatoms. The monoisotopic (exact) mass is 348 g/mol. The molecule has 0 amide bonds. The van der Waals surface area contributed by atoms with E-state index in [-0.39, 0.29) is 0 Å². The molecular weight excluding hydrogens is 324 g/mol. The van der Waals surface area contributed by atoms with Crippen molar-refractivity contribution in [1.29, 1.82) is 0 Å². The zero-order chi connectivity index (χ0) is 17.2. The molecule has 2 aromatic rings. The molecule has 1 aromatic carbocycles. The SMILES string of the molecule is CCCNC(=NCc1ccccc1Cl)NCCn1cnnc1CC. The highest BCUT2D eigenvalue weighted by molar-refractivity contribution is 6.31. The lowest BCUT2D eigenvalue weighted by Gasteiger charge is -2.13. The summed E-state index contributed by atoms with van der Waals surface area (Å²) >= 11 is 6.19. The van der Waals surface area contributed by atoms with Crippen LogP contribution in [-0.4, -0.2) is 33.8 Å². The molecule has 1 aromatic heterocycles. The minimum absolute atomic E-state index is 0.547. The molecule has 0 aliphatic carbocycles. The summed E-state index contributed by atoms with van der Waals surface area (Å²) < 4.78 is 2.05. The molecule has 0 saturated carbocycles. The minimum Gasteiger partial charge on any atom is -0.356 e. The van der Waals surface area contributed by atoms with Crippen molar-refractivity contribution in [3.63, 3.8) is 0 Å². The summed E-state index contributed by atoms with van der Waals surface area (Å²) in [4.78, 5) is 4.62. The van der Waals surface area contributed by atoms with Gasteiger partial charge in [0.25, 0.3) is 0 Å². The Morgan fingerprint density at radius 3 is 2.75 bits per heavy atom. The second-order valence-electron chi connectivity index (χ2n) is 5.40. The zero-order valence-electron chi connectivity index (χ0n) is 14.3. The molecule has 0 atom stereocenters. The average molecular weight is 349 g/mol. The van der Waals surface area contributed by atoms with Crippen molar-refractivity contribution in [1.82, 2.24) is 25.4 Å². The minimum atomic E-state index is 0.547. The van der Waals surface area contributed by atoms with Crippen LogP contribution in [-0.2, 0) is 19.5 Å². The predicted molar refractivity (Wildman–Crippen MR) is 98.3 cm³/mol. The van der Waals surface area contributed by atoms with E-state index in [2.05, 4.69) is 44.2 Å². The van der Waals surface area contributed by atoms with Gasteiger partial charge < -0.3 is 15.2 Å². The molecule has 0 fully saturated rings. The first-order chi connectivity index (χ1) is 11.7. The summed E-state index contributed by atoms with van der Waals surface area (Å²) in [5, 5.41) is 15.5. The van der Waals surface area contributed by atoms with E-state index in [0.717, 1.165) is 54.8 Å². The third-order valence-corrected chi connectivity index (χ3v) is 3.93. The van der Waals surface area contributed by atoms with E-state index in [1.165, 1.54) is 0 Å². The van der Waals surface area contributed by atoms with Crippen LogP contribution in [0.4, 0.5) is 0 Å². The number of rotatable bonds is 8. The van der Waals surface area contributed by atoms with Gasteiger partial charge in [-0.2, -0.15) is 0 Å². The molecule has 0 saturated heterocycles. The maximum Gasteiger partial charge on any atom is 0.191 e. The number of aryl methyl sites for hydroxylation is 1. The van der Waals surface area contributed by atoms with Crippen molar-refractivity contribution in [3.05, 3.63) is 47.0 Å². The van der Waals surface area contributed by atoms with E-state index in [1.807, 2.05) is 24.3 Å². The Morgan fingerprint density at radius 1 is 1.21 bits per heavy atom. The first kappa shape index (κ1) is 18.3. The van der Waals surface area contributed by atoms with Crippen LogP contribution in [0.25, 0.3) is 0 Å². The Labute approximate surface area is 148 Å². The van der Waals surface area contributed by atoms with Crippen LogP contribution in [0.2, 0.25) is 5.02 Å². The van der Waals surface area contributed by atoms with Gasteiger partial charge in [0.1, 0.15) is 12.2 Å². The van der Waals surface area contributed by atoms with E-state index in [1.54, 1.807) is 6.33 Å². The van der Waals surface area contributed by atoms with Crippen LogP contribution in [0.5, 0.6) is 0 Å². The van der Waals surface area contributed by atoms with Crippen LogP contribution >= 0.6 is 11.6 Å². The van der Waals surface area contributed by atoms with Gasteiger partial charge in [-0.05, 0) is 18.1 Å². The van der Waals surface area contributed by atoms with Gasteiger partial charge in [0, 0.05) is 31.1 Å². The van der Waals surface area contributed by atoms with E-state index in [9.17, 15) is 0 Å². The Hall–Kier alpha value is -2.08. The van der Waals surface area contributed by atoms with Crippen LogP contribution in [0, 0.1) is 0 Å². The van der Waals surface area contributed by atoms with Crippen molar-refractivity contribution in [3.8, 4) is 0 Å². The van der Waals surface area contributed by atoms with Crippen molar-refractivity contribution < 1.29 is 0 Å². The molecule has 6 nitrogen and oxygen atoms in total. The lowest BCUT2D eigenvalue weighted by Crippen LogP contribution is -2.39. The summed E-state index contributed by atoms with van der Waals surface area (Å²) in [6.45, 7) is 7.18. The maximum absolute atomic E-state index is 6.19. The van der Waals surface area contributed by atoms with E-state index < -0.39 is 0 Å². The molecule has 24 heavy (non-hydrogen) atoms. The molecule has 130 valence electrons. The third-order valence-electron chi connectivity index (χ3n) is 3.56.